The number of anilines is 2. The second kappa shape index (κ2) is 7.10. The van der Waals surface area contributed by atoms with Gasteiger partial charge in [-0.25, -0.2) is 9.78 Å². The molecule has 1 heterocycles. The molecule has 5 nitrogen and oxygen atoms in total. The molecule has 0 bridgehead atoms. The summed E-state index contributed by atoms with van der Waals surface area (Å²) in [4.78, 5) is 15.6. The van der Waals surface area contributed by atoms with Gasteiger partial charge in [-0.1, -0.05) is 6.92 Å². The van der Waals surface area contributed by atoms with Gasteiger partial charge in [0, 0.05) is 11.8 Å². The van der Waals surface area contributed by atoms with Crippen molar-refractivity contribution in [3.05, 3.63) is 17.8 Å². The van der Waals surface area contributed by atoms with Gasteiger partial charge in [-0.3, -0.25) is 0 Å². The minimum absolute atomic E-state index is 0.304. The molecule has 0 aliphatic heterocycles. The molecule has 0 spiro atoms. The van der Waals surface area contributed by atoms with Crippen molar-refractivity contribution in [3.8, 4) is 0 Å². The molecule has 18 heavy (non-hydrogen) atoms. The number of methoxy groups -OCH3 is 1. The predicted octanol–water partition coefficient (Wildman–Crippen LogP) is 2.00. The summed E-state index contributed by atoms with van der Waals surface area (Å²) in [6, 6.07) is 1.52. The summed E-state index contributed by atoms with van der Waals surface area (Å²) in [7, 11) is 1.35. The highest BCUT2D eigenvalue weighted by molar-refractivity contribution is 7.99. The van der Waals surface area contributed by atoms with Gasteiger partial charge in [0.1, 0.15) is 5.82 Å². The van der Waals surface area contributed by atoms with E-state index in [1.54, 1.807) is 6.20 Å². The molecule has 3 N–H and O–H groups in total. The fourth-order valence-electron chi connectivity index (χ4n) is 1.42. The molecule has 0 aromatic carbocycles. The van der Waals surface area contributed by atoms with Crippen molar-refractivity contribution in [1.82, 2.24) is 4.98 Å². The van der Waals surface area contributed by atoms with E-state index in [0.29, 0.717) is 22.3 Å². The minimum atomic E-state index is -0.412. The Labute approximate surface area is 111 Å². The topological polar surface area (TPSA) is 77.2 Å². The van der Waals surface area contributed by atoms with Crippen molar-refractivity contribution in [2.24, 2.45) is 0 Å². The molecule has 0 aliphatic rings. The van der Waals surface area contributed by atoms with Gasteiger partial charge in [0.05, 0.1) is 24.6 Å². The van der Waals surface area contributed by atoms with Gasteiger partial charge in [-0.05, 0) is 18.7 Å². The Hall–Kier alpha value is -1.43. The molecule has 0 saturated heterocycles. The Bertz CT molecular complexity index is 412. The molecule has 0 amide bonds. The number of nitrogens with two attached hydrogens (primary N) is 1. The van der Waals surface area contributed by atoms with Gasteiger partial charge >= 0.3 is 5.97 Å². The number of thioether (sulfide) groups is 1. The molecular weight excluding hydrogens is 250 g/mol. The molecule has 100 valence electrons. The van der Waals surface area contributed by atoms with Crippen LogP contribution in [0, 0.1) is 0 Å². The van der Waals surface area contributed by atoms with E-state index in [1.807, 2.05) is 11.8 Å². The van der Waals surface area contributed by atoms with Crippen LogP contribution in [-0.2, 0) is 4.74 Å². The number of pyridine rings is 1. The summed E-state index contributed by atoms with van der Waals surface area (Å²) in [5, 5.41) is 3.76. The molecule has 1 aromatic heterocycles. The number of aromatic nitrogens is 1. The van der Waals surface area contributed by atoms with Crippen LogP contribution in [0.3, 0.4) is 0 Å². The summed E-state index contributed by atoms with van der Waals surface area (Å²) >= 11 is 1.81. The van der Waals surface area contributed by atoms with Crippen LogP contribution in [0.2, 0.25) is 0 Å². The van der Waals surface area contributed by atoms with Gasteiger partial charge in [0.15, 0.2) is 0 Å². The quantitative estimate of drug-likeness (QED) is 0.769. The molecule has 1 atom stereocenters. The maximum Gasteiger partial charge on any atom is 0.340 e. The van der Waals surface area contributed by atoms with Crippen LogP contribution >= 0.6 is 11.8 Å². The fourth-order valence-corrected chi connectivity index (χ4v) is 1.77. The van der Waals surface area contributed by atoms with Crippen LogP contribution in [0.5, 0.6) is 0 Å². The van der Waals surface area contributed by atoms with Gasteiger partial charge in [0.2, 0.25) is 0 Å². The number of esters is 1. The lowest BCUT2D eigenvalue weighted by Crippen LogP contribution is -2.13. The smallest absolute Gasteiger partial charge is 0.340 e. The van der Waals surface area contributed by atoms with E-state index in [4.69, 9.17) is 10.5 Å². The van der Waals surface area contributed by atoms with Crippen LogP contribution < -0.4 is 11.1 Å². The zero-order chi connectivity index (χ0) is 13.5. The van der Waals surface area contributed by atoms with E-state index in [2.05, 4.69) is 23.5 Å². The number of nitrogens with zero attached hydrogens (tertiary/aromatic N) is 1. The Morgan fingerprint density at radius 3 is 3.00 bits per heavy atom. The summed E-state index contributed by atoms with van der Waals surface area (Å²) in [6.45, 7) is 2.94. The lowest BCUT2D eigenvalue weighted by molar-refractivity contribution is 0.0602. The van der Waals surface area contributed by atoms with Crippen LogP contribution in [0.1, 0.15) is 23.7 Å². The third-order valence-electron chi connectivity index (χ3n) is 2.60. The summed E-state index contributed by atoms with van der Waals surface area (Å²) < 4.78 is 4.71. The third kappa shape index (κ3) is 4.10. The molecule has 0 saturated carbocycles. The summed E-state index contributed by atoms with van der Waals surface area (Å²) in [5.41, 5.74) is 6.64. The number of hydrogen-bond donors (Lipinski definition) is 2. The SMILES string of the molecule is COC(=O)c1cc(N)ncc1NCCC(C)SC. The Kier molecular flexibility index (Phi) is 5.77. The average molecular weight is 269 g/mol. The number of carbonyl (C=O) groups is 1. The Balaban J connectivity index is 2.72. The molecule has 0 fully saturated rings. The van der Waals surface area contributed by atoms with E-state index in [1.165, 1.54) is 13.2 Å². The monoisotopic (exact) mass is 269 g/mol. The van der Waals surface area contributed by atoms with Crippen molar-refractivity contribution >= 4 is 29.2 Å². The summed E-state index contributed by atoms with van der Waals surface area (Å²) in [5.74, 6) is -0.108. The van der Waals surface area contributed by atoms with Crippen LogP contribution in [0.15, 0.2) is 12.3 Å². The highest BCUT2D eigenvalue weighted by Gasteiger charge is 2.13. The standard InChI is InChI=1S/C12H19N3O2S/c1-8(18-3)4-5-14-10-7-15-11(13)6-9(10)12(16)17-2/h6-8,14H,4-5H2,1-3H3,(H2,13,15). The first kappa shape index (κ1) is 14.6. The van der Waals surface area contributed by atoms with Crippen LogP contribution in [-0.4, -0.2) is 36.1 Å². The number of carbonyl (C=O) groups excluding carboxylic acids is 1. The highest BCUT2D eigenvalue weighted by Crippen LogP contribution is 2.18. The maximum absolute atomic E-state index is 11.6. The fraction of sp³-hybridized carbons (Fsp3) is 0.500. The van der Waals surface area contributed by atoms with E-state index in [0.717, 1.165) is 13.0 Å². The number of nitrogens with one attached hydrogen (secondary N) is 1. The van der Waals surface area contributed by atoms with Crippen molar-refractivity contribution in [3.63, 3.8) is 0 Å². The van der Waals surface area contributed by atoms with Gasteiger partial charge < -0.3 is 15.8 Å². The van der Waals surface area contributed by atoms with Crippen molar-refractivity contribution in [2.45, 2.75) is 18.6 Å². The largest absolute Gasteiger partial charge is 0.465 e. The van der Waals surface area contributed by atoms with Crippen molar-refractivity contribution in [2.75, 3.05) is 31.0 Å². The van der Waals surface area contributed by atoms with Crippen LogP contribution in [0.4, 0.5) is 11.5 Å². The third-order valence-corrected chi connectivity index (χ3v) is 3.64. The van der Waals surface area contributed by atoms with E-state index < -0.39 is 5.97 Å². The lowest BCUT2D eigenvalue weighted by Gasteiger charge is -2.12. The van der Waals surface area contributed by atoms with Gasteiger partial charge in [-0.15, -0.1) is 0 Å². The highest BCUT2D eigenvalue weighted by atomic mass is 32.2. The van der Waals surface area contributed by atoms with E-state index >= 15 is 0 Å². The molecular formula is C12H19N3O2S. The van der Waals surface area contributed by atoms with Gasteiger partial charge in [0.25, 0.3) is 0 Å². The number of nitrogen functional groups attached to an aromatic ring is 1. The minimum Gasteiger partial charge on any atom is -0.465 e. The van der Waals surface area contributed by atoms with Crippen molar-refractivity contribution < 1.29 is 9.53 Å². The average Bonchev–Trinajstić information content (AvgIpc) is 2.39. The molecule has 0 radical (unpaired) electrons. The number of hydrogen-bond acceptors (Lipinski definition) is 6. The zero-order valence-electron chi connectivity index (χ0n) is 10.9. The predicted molar refractivity (Wildman–Crippen MR) is 76.1 cm³/mol. The second-order valence-electron chi connectivity index (χ2n) is 3.91. The second-order valence-corrected chi connectivity index (χ2v) is 5.18. The molecule has 6 heteroatoms. The van der Waals surface area contributed by atoms with Gasteiger partial charge in [-0.2, -0.15) is 11.8 Å². The normalized spacial score (nSPS) is 11.9. The molecule has 1 rings (SSSR count). The first-order chi connectivity index (χ1) is 8.58. The number of rotatable bonds is 6. The first-order valence-electron chi connectivity index (χ1n) is 5.69. The lowest BCUT2D eigenvalue weighted by atomic mass is 10.2. The van der Waals surface area contributed by atoms with Crippen LogP contribution in [0.25, 0.3) is 0 Å². The number of ether oxygens (including phenoxy) is 1. The van der Waals surface area contributed by atoms with E-state index in [9.17, 15) is 4.79 Å². The van der Waals surface area contributed by atoms with E-state index in [-0.39, 0.29) is 0 Å². The molecule has 1 unspecified atom stereocenters. The summed E-state index contributed by atoms with van der Waals surface area (Å²) in [6.07, 6.45) is 4.65. The molecule has 0 aliphatic carbocycles. The maximum atomic E-state index is 11.6. The zero-order valence-corrected chi connectivity index (χ0v) is 11.7. The van der Waals surface area contributed by atoms with Crippen molar-refractivity contribution in [1.29, 1.82) is 0 Å². The Morgan fingerprint density at radius 1 is 1.67 bits per heavy atom. The first-order valence-corrected chi connectivity index (χ1v) is 6.97. The Morgan fingerprint density at radius 2 is 2.39 bits per heavy atom. The molecule has 1 aromatic rings.